The van der Waals surface area contributed by atoms with Crippen molar-refractivity contribution >= 4 is 39.3 Å². The highest BCUT2D eigenvalue weighted by Crippen LogP contribution is 2.35. The number of carbonyl (C=O) groups excluding carboxylic acids is 1. The Labute approximate surface area is 283 Å². The maximum absolute atomic E-state index is 11.4. The number of nitrogens with two attached hydrogens (primary N) is 1. The van der Waals surface area contributed by atoms with Crippen molar-refractivity contribution in [3.05, 3.63) is 48.0 Å². The molecule has 256 valence electrons. The number of aromatic nitrogens is 4. The number of fused-ring (bicyclic) bond motifs is 2. The Bertz CT molecular complexity index is 1650. The van der Waals surface area contributed by atoms with Gasteiger partial charge in [0.05, 0.1) is 22.1 Å². The molecule has 2 fully saturated rings. The van der Waals surface area contributed by atoms with Crippen molar-refractivity contribution in [1.82, 2.24) is 19.1 Å². The zero-order chi connectivity index (χ0) is 33.8. The molecule has 0 unspecified atom stereocenters. The molecule has 2 aromatic carbocycles. The van der Waals surface area contributed by atoms with E-state index in [0.29, 0.717) is 0 Å². The molecule has 0 bridgehead atoms. The van der Waals surface area contributed by atoms with Gasteiger partial charge in [-0.15, -0.1) is 0 Å². The molecule has 7 heteroatoms. The maximum atomic E-state index is 11.4. The summed E-state index contributed by atoms with van der Waals surface area (Å²) in [7, 11) is 0. The van der Waals surface area contributed by atoms with E-state index in [-0.39, 0.29) is 16.7 Å². The minimum Gasteiger partial charge on any atom is -0.399 e. The molecule has 2 aliphatic rings. The second kappa shape index (κ2) is 14.8. The molecule has 2 saturated carbocycles. The summed E-state index contributed by atoms with van der Waals surface area (Å²) in [5.41, 5.74) is 12.2. The Balaban J connectivity index is 0.000000186. The summed E-state index contributed by atoms with van der Waals surface area (Å²) in [6, 6.07) is 12.3. The molecule has 3 N–H and O–H groups in total. The molecule has 6 rings (SSSR count). The van der Waals surface area contributed by atoms with Crippen LogP contribution in [0, 0.1) is 11.8 Å². The molecule has 1 amide bonds. The van der Waals surface area contributed by atoms with Crippen LogP contribution in [0.3, 0.4) is 0 Å². The van der Waals surface area contributed by atoms with Gasteiger partial charge in [-0.1, -0.05) is 80.1 Å². The quantitative estimate of drug-likeness (QED) is 0.178. The third-order valence-corrected chi connectivity index (χ3v) is 11.2. The number of benzene rings is 2. The fourth-order valence-corrected chi connectivity index (χ4v) is 7.53. The molecule has 0 radical (unpaired) electrons. The number of nitrogens with zero attached hydrogens (tertiary/aromatic N) is 4. The molecule has 2 aromatic heterocycles. The lowest BCUT2D eigenvalue weighted by Gasteiger charge is -2.27. The normalized spacial score (nSPS) is 16.7. The van der Waals surface area contributed by atoms with Crippen LogP contribution in [0.5, 0.6) is 0 Å². The number of hydrogen-bond donors (Lipinski definition) is 2. The van der Waals surface area contributed by atoms with Crippen LogP contribution in [-0.2, 0) is 28.7 Å². The fraction of sp³-hybridized carbons (Fsp3) is 0.625. The van der Waals surface area contributed by atoms with Crippen molar-refractivity contribution < 1.29 is 4.79 Å². The van der Waals surface area contributed by atoms with E-state index in [1.807, 2.05) is 24.3 Å². The topological polar surface area (TPSA) is 90.8 Å². The van der Waals surface area contributed by atoms with E-state index in [1.165, 1.54) is 93.8 Å². The molecule has 4 aromatic rings. The third kappa shape index (κ3) is 8.21. The summed E-state index contributed by atoms with van der Waals surface area (Å²) in [6.07, 6.45) is 15.8. The maximum Gasteiger partial charge on any atom is 0.221 e. The SMILES string of the molecule is CCC(C)(C)c1nc2cc(N)ccc2n1CC1CCCCC1.CCC(C)(C)c1nc2cc(NC(C)=O)ccc2n1CC1CCCCC1. The van der Waals surface area contributed by atoms with Crippen molar-refractivity contribution in [2.45, 2.75) is 149 Å². The number of nitrogens with one attached hydrogen (secondary N) is 1. The number of amides is 1. The van der Waals surface area contributed by atoms with Gasteiger partial charge in [-0.3, -0.25) is 4.79 Å². The summed E-state index contributed by atoms with van der Waals surface area (Å²) in [4.78, 5) is 21.3. The first-order valence-corrected chi connectivity index (χ1v) is 18.5. The van der Waals surface area contributed by atoms with Crippen LogP contribution in [0.25, 0.3) is 22.1 Å². The lowest BCUT2D eigenvalue weighted by atomic mass is 9.87. The number of carbonyl (C=O) groups is 1. The van der Waals surface area contributed by atoms with Crippen LogP contribution >= 0.6 is 0 Å². The van der Waals surface area contributed by atoms with Gasteiger partial charge in [-0.25, -0.2) is 9.97 Å². The van der Waals surface area contributed by atoms with Crippen LogP contribution < -0.4 is 11.1 Å². The van der Waals surface area contributed by atoms with Gasteiger partial charge in [0.2, 0.25) is 5.91 Å². The van der Waals surface area contributed by atoms with Crippen LogP contribution in [-0.4, -0.2) is 25.0 Å². The second-order valence-corrected chi connectivity index (χ2v) is 15.7. The van der Waals surface area contributed by atoms with Crippen molar-refractivity contribution in [2.75, 3.05) is 11.1 Å². The Hall–Kier alpha value is -3.35. The zero-order valence-corrected chi connectivity index (χ0v) is 30.3. The predicted molar refractivity (Wildman–Crippen MR) is 198 cm³/mol. The minimum absolute atomic E-state index is 0.0435. The zero-order valence-electron chi connectivity index (χ0n) is 30.3. The van der Waals surface area contributed by atoms with Gasteiger partial charge < -0.3 is 20.2 Å². The molecule has 2 heterocycles. The molecular formula is C40H60N6O. The average Bonchev–Trinajstić information content (AvgIpc) is 3.60. The third-order valence-electron chi connectivity index (χ3n) is 11.2. The first-order chi connectivity index (χ1) is 22.4. The predicted octanol–water partition coefficient (Wildman–Crippen LogP) is 10.1. The highest BCUT2D eigenvalue weighted by Gasteiger charge is 2.29. The van der Waals surface area contributed by atoms with Crippen molar-refractivity contribution in [1.29, 1.82) is 0 Å². The molecular weight excluding hydrogens is 580 g/mol. The first-order valence-electron chi connectivity index (χ1n) is 18.5. The Morgan fingerprint density at radius 1 is 0.745 bits per heavy atom. The summed E-state index contributed by atoms with van der Waals surface area (Å²) in [5, 5.41) is 2.87. The van der Waals surface area contributed by atoms with E-state index < -0.39 is 0 Å². The number of nitrogen functional groups attached to an aromatic ring is 1. The summed E-state index contributed by atoms with van der Waals surface area (Å²) < 4.78 is 4.93. The van der Waals surface area contributed by atoms with E-state index in [2.05, 4.69) is 68.1 Å². The highest BCUT2D eigenvalue weighted by molar-refractivity contribution is 5.91. The van der Waals surface area contributed by atoms with Gasteiger partial charge in [-0.2, -0.15) is 0 Å². The van der Waals surface area contributed by atoms with Crippen LogP contribution in [0.2, 0.25) is 0 Å². The largest absolute Gasteiger partial charge is 0.399 e. The fourth-order valence-electron chi connectivity index (χ4n) is 7.53. The monoisotopic (exact) mass is 640 g/mol. The van der Waals surface area contributed by atoms with E-state index in [0.717, 1.165) is 60.2 Å². The van der Waals surface area contributed by atoms with Gasteiger partial charge in [0.1, 0.15) is 11.6 Å². The molecule has 0 saturated heterocycles. The number of rotatable bonds is 9. The molecule has 0 spiro atoms. The average molecular weight is 641 g/mol. The van der Waals surface area contributed by atoms with Crippen molar-refractivity contribution in [3.63, 3.8) is 0 Å². The smallest absolute Gasteiger partial charge is 0.221 e. The van der Waals surface area contributed by atoms with E-state index in [1.54, 1.807) is 0 Å². The van der Waals surface area contributed by atoms with E-state index in [4.69, 9.17) is 15.7 Å². The van der Waals surface area contributed by atoms with Gasteiger partial charge in [0.15, 0.2) is 0 Å². The number of imidazole rings is 2. The molecule has 7 nitrogen and oxygen atoms in total. The lowest BCUT2D eigenvalue weighted by molar-refractivity contribution is -0.114. The Kier molecular flexibility index (Phi) is 11.0. The Morgan fingerprint density at radius 2 is 1.19 bits per heavy atom. The number of anilines is 2. The van der Waals surface area contributed by atoms with E-state index >= 15 is 0 Å². The molecule has 2 aliphatic carbocycles. The van der Waals surface area contributed by atoms with Gasteiger partial charge in [0.25, 0.3) is 0 Å². The Morgan fingerprint density at radius 3 is 1.64 bits per heavy atom. The summed E-state index contributed by atoms with van der Waals surface area (Å²) in [6.45, 7) is 17.3. The molecule has 0 atom stereocenters. The van der Waals surface area contributed by atoms with Gasteiger partial charge >= 0.3 is 0 Å². The summed E-state index contributed by atoms with van der Waals surface area (Å²) in [5.74, 6) is 3.91. The standard InChI is InChI=1S/C21H31N3O.C19H29N3/c1-5-21(3,4)20-23-18-13-17(22-15(2)25)11-12-19(18)24(20)14-16-9-7-6-8-10-16;1-4-19(2,3)18-21-16-12-15(20)10-11-17(16)22(18)13-14-8-6-5-7-9-14/h11-13,16H,5-10,14H2,1-4H3,(H,22,25);10-12,14H,4-9,13,20H2,1-3H3. The summed E-state index contributed by atoms with van der Waals surface area (Å²) >= 11 is 0. The van der Waals surface area contributed by atoms with Crippen molar-refractivity contribution in [2.24, 2.45) is 11.8 Å². The first kappa shape index (κ1) is 35.0. The minimum atomic E-state index is -0.0462. The molecule has 0 aliphatic heterocycles. The molecule has 47 heavy (non-hydrogen) atoms. The van der Waals surface area contributed by atoms with Crippen LogP contribution in [0.1, 0.15) is 137 Å². The van der Waals surface area contributed by atoms with Crippen LogP contribution in [0.15, 0.2) is 36.4 Å². The van der Waals surface area contributed by atoms with E-state index in [9.17, 15) is 4.79 Å². The van der Waals surface area contributed by atoms with Gasteiger partial charge in [-0.05, 0) is 86.8 Å². The lowest BCUT2D eigenvalue weighted by Crippen LogP contribution is -2.24. The highest BCUT2D eigenvalue weighted by atomic mass is 16.1. The second-order valence-electron chi connectivity index (χ2n) is 15.7. The van der Waals surface area contributed by atoms with Gasteiger partial charge in [0, 0.05) is 42.2 Å². The van der Waals surface area contributed by atoms with Crippen LogP contribution in [0.4, 0.5) is 11.4 Å². The van der Waals surface area contributed by atoms with Crippen molar-refractivity contribution in [3.8, 4) is 0 Å². The number of hydrogen-bond acceptors (Lipinski definition) is 4.